The molecule has 11 nitrogen and oxygen atoms in total. The number of carbonyl (C=O) groups is 4. The van der Waals surface area contributed by atoms with Crippen molar-refractivity contribution in [3.63, 3.8) is 0 Å². The van der Waals surface area contributed by atoms with Crippen LogP contribution in [0.5, 0.6) is 0 Å². The van der Waals surface area contributed by atoms with Crippen LogP contribution >= 0.6 is 0 Å². The number of rotatable bonds is 6. The smallest absolute Gasteiger partial charge is 0.405 e. The first-order valence-electron chi connectivity index (χ1n) is 14.1. The Bertz CT molecular complexity index is 1150. The molecule has 0 fully saturated rings. The molecule has 0 aromatic carbocycles. The average molecular weight is 594 g/mol. The van der Waals surface area contributed by atoms with Crippen molar-refractivity contribution in [2.45, 2.75) is 77.7 Å². The number of Topliss-reactive ketones (excluding diaryl/α,β-unsaturated/α-hetero) is 1. The summed E-state index contributed by atoms with van der Waals surface area (Å²) in [5, 5.41) is 28.4. The summed E-state index contributed by atoms with van der Waals surface area (Å²) in [5.74, 6) is -2.39. The second-order valence-electron chi connectivity index (χ2n) is 10.9. The molecule has 5 N–H and O–H groups in total. The zero-order chi connectivity index (χ0) is 31.6. The molecule has 6 atom stereocenters. The molecule has 1 heterocycles. The average Bonchev–Trinajstić information content (AvgIpc) is 2.94. The van der Waals surface area contributed by atoms with Gasteiger partial charge in [-0.2, -0.15) is 0 Å². The van der Waals surface area contributed by atoms with Gasteiger partial charge < -0.3 is 35.6 Å². The van der Waals surface area contributed by atoms with Gasteiger partial charge in [-0.15, -0.1) is 0 Å². The number of amides is 2. The predicted molar refractivity (Wildman–Crippen MR) is 154 cm³/mol. The Morgan fingerprint density at radius 1 is 1.14 bits per heavy atom. The summed E-state index contributed by atoms with van der Waals surface area (Å²) in [5.41, 5.74) is 0.870. The van der Waals surface area contributed by atoms with E-state index in [0.717, 1.165) is 6.08 Å². The van der Waals surface area contributed by atoms with Gasteiger partial charge >= 0.3 is 6.09 Å². The van der Waals surface area contributed by atoms with Gasteiger partial charge in [-0.3, -0.25) is 14.4 Å². The lowest BCUT2D eigenvalue weighted by Crippen LogP contribution is -2.45. The summed E-state index contributed by atoms with van der Waals surface area (Å²) in [4.78, 5) is 51.0. The lowest BCUT2D eigenvalue weighted by atomic mass is 9.85. The predicted octanol–water partition coefficient (Wildman–Crippen LogP) is 2.72. The molecule has 0 saturated heterocycles. The maximum atomic E-state index is 13.5. The Labute approximate surface area is 246 Å². The summed E-state index contributed by atoms with van der Waals surface area (Å²) in [6, 6.07) is -0.720. The maximum Gasteiger partial charge on any atom is 0.405 e. The minimum absolute atomic E-state index is 0.00956. The van der Waals surface area contributed by atoms with Crippen molar-refractivity contribution in [2.24, 2.45) is 11.8 Å². The van der Waals surface area contributed by atoms with Crippen LogP contribution < -0.4 is 16.0 Å². The van der Waals surface area contributed by atoms with Gasteiger partial charge in [0.1, 0.15) is 6.67 Å². The van der Waals surface area contributed by atoms with Crippen LogP contribution in [0.15, 0.2) is 46.3 Å². The molecule has 2 aliphatic rings. The molecule has 0 radical (unpaired) electrons. The van der Waals surface area contributed by atoms with E-state index in [1.807, 2.05) is 6.92 Å². The monoisotopic (exact) mass is 593 g/mol. The van der Waals surface area contributed by atoms with Gasteiger partial charge in [-0.25, -0.2) is 9.18 Å². The van der Waals surface area contributed by atoms with Crippen molar-refractivity contribution in [1.82, 2.24) is 16.0 Å². The molecule has 0 aromatic heterocycles. The van der Waals surface area contributed by atoms with Crippen molar-refractivity contribution in [3.05, 3.63) is 46.3 Å². The first-order chi connectivity index (χ1) is 19.8. The number of allylic oxidation sites excluding steroid dienone is 3. The van der Waals surface area contributed by atoms with Gasteiger partial charge in [0.2, 0.25) is 11.6 Å². The van der Waals surface area contributed by atoms with Crippen LogP contribution in [-0.2, 0) is 23.9 Å². The number of ketones is 2. The standard InChI is InChI=1S/C30H44FN3O8/c1-16-12-20-26(32-11-10-31)22(35)15-21(28(20)37)33-29(38)17(2)8-7-9-23(41-5)25(34-30(39)40)18(3)14-19(4)27(36)24(13-16)42-6/h8,14-16,19,23-25,27,32,34,36H,7,9-13H2,1-6H3,(H,33,38)(H,39,40)/t16-,19+,23+,24+,25+,27-/m1/s1. The molecule has 0 spiro atoms. The highest BCUT2D eigenvalue weighted by Gasteiger charge is 2.33. The second-order valence-corrected chi connectivity index (χ2v) is 10.9. The van der Waals surface area contributed by atoms with E-state index in [2.05, 4.69) is 16.0 Å². The molecule has 2 amide bonds. The number of fused-ring (bicyclic) bond motifs is 2. The molecule has 42 heavy (non-hydrogen) atoms. The molecular weight excluding hydrogens is 549 g/mol. The van der Waals surface area contributed by atoms with Crippen LogP contribution in [-0.4, -0.2) is 85.6 Å². The van der Waals surface area contributed by atoms with Crippen molar-refractivity contribution in [3.8, 4) is 0 Å². The van der Waals surface area contributed by atoms with E-state index in [-0.39, 0.29) is 35.9 Å². The number of alkyl halides is 1. The summed E-state index contributed by atoms with van der Waals surface area (Å²) in [7, 11) is 2.93. The quantitative estimate of drug-likeness (QED) is 0.230. The molecule has 1 aliphatic heterocycles. The zero-order valence-corrected chi connectivity index (χ0v) is 25.2. The third kappa shape index (κ3) is 9.33. The van der Waals surface area contributed by atoms with E-state index < -0.39 is 60.5 Å². The van der Waals surface area contributed by atoms with E-state index in [0.29, 0.717) is 30.4 Å². The highest BCUT2D eigenvalue weighted by Crippen LogP contribution is 2.28. The van der Waals surface area contributed by atoms with Gasteiger partial charge in [0, 0.05) is 43.9 Å². The summed E-state index contributed by atoms with van der Waals surface area (Å²) in [6.07, 6.45) is 2.10. The fraction of sp³-hybridized carbons (Fsp3) is 0.600. The zero-order valence-electron chi connectivity index (χ0n) is 25.2. The maximum absolute atomic E-state index is 13.5. The molecule has 0 unspecified atom stereocenters. The first-order valence-corrected chi connectivity index (χ1v) is 14.1. The number of aliphatic hydroxyl groups excluding tert-OH is 1. The number of hydrogen-bond acceptors (Lipinski definition) is 8. The highest BCUT2D eigenvalue weighted by molar-refractivity contribution is 6.23. The molecular formula is C30H44FN3O8. The van der Waals surface area contributed by atoms with Crippen molar-refractivity contribution >= 4 is 23.6 Å². The van der Waals surface area contributed by atoms with Crippen LogP contribution in [0.4, 0.5) is 9.18 Å². The summed E-state index contributed by atoms with van der Waals surface area (Å²) in [6.45, 7) is 6.04. The van der Waals surface area contributed by atoms with E-state index in [1.165, 1.54) is 14.2 Å². The van der Waals surface area contributed by atoms with Crippen LogP contribution in [0.25, 0.3) is 0 Å². The molecule has 0 saturated carbocycles. The van der Waals surface area contributed by atoms with Crippen molar-refractivity contribution < 1.29 is 43.3 Å². The van der Waals surface area contributed by atoms with Crippen LogP contribution in [0, 0.1) is 11.8 Å². The number of carbonyl (C=O) groups excluding carboxylic acids is 3. The summed E-state index contributed by atoms with van der Waals surface area (Å²) < 4.78 is 24.2. The molecule has 1 aliphatic carbocycles. The topological polar surface area (TPSA) is 163 Å². The van der Waals surface area contributed by atoms with Crippen LogP contribution in [0.1, 0.15) is 53.4 Å². The Balaban J connectivity index is 2.56. The van der Waals surface area contributed by atoms with E-state index in [4.69, 9.17) is 9.47 Å². The van der Waals surface area contributed by atoms with Gasteiger partial charge in [0.15, 0.2) is 0 Å². The van der Waals surface area contributed by atoms with E-state index in [1.54, 1.807) is 32.9 Å². The van der Waals surface area contributed by atoms with Gasteiger partial charge in [-0.1, -0.05) is 31.6 Å². The summed E-state index contributed by atoms with van der Waals surface area (Å²) >= 11 is 0. The van der Waals surface area contributed by atoms with Crippen LogP contribution in [0.3, 0.4) is 0 Å². The fourth-order valence-corrected chi connectivity index (χ4v) is 5.34. The number of ether oxygens (including phenoxy) is 2. The fourth-order valence-electron chi connectivity index (χ4n) is 5.34. The Hall–Kier alpha value is -3.35. The SMILES string of the molecule is CO[C@H]1C[C@H](C)CC2=C(NCCF)C(=O)C=C(NC(=O)C(C)=CCC[C@H](OC)[C@@H](NC(=O)O)C(C)=C[C@H](C)[C@H]1O)C2=O. The molecule has 2 rings (SSSR count). The van der Waals surface area contributed by atoms with Gasteiger partial charge in [-0.05, 0) is 45.4 Å². The normalized spacial score (nSPS) is 28.9. The number of methoxy groups -OCH3 is 2. The Morgan fingerprint density at radius 2 is 1.81 bits per heavy atom. The van der Waals surface area contributed by atoms with E-state index >= 15 is 0 Å². The van der Waals surface area contributed by atoms with Gasteiger partial charge in [0.25, 0.3) is 5.91 Å². The molecule has 12 heteroatoms. The number of halogens is 1. The third-order valence-corrected chi connectivity index (χ3v) is 7.63. The Morgan fingerprint density at radius 3 is 2.40 bits per heavy atom. The Kier molecular flexibility index (Phi) is 13.5. The van der Waals surface area contributed by atoms with Crippen LogP contribution in [0.2, 0.25) is 0 Å². The van der Waals surface area contributed by atoms with Gasteiger partial charge in [0.05, 0.1) is 35.7 Å². The minimum atomic E-state index is -1.23. The van der Waals surface area contributed by atoms with Crippen molar-refractivity contribution in [1.29, 1.82) is 0 Å². The van der Waals surface area contributed by atoms with Crippen molar-refractivity contribution in [2.75, 3.05) is 27.4 Å². The minimum Gasteiger partial charge on any atom is -0.465 e. The number of nitrogens with one attached hydrogen (secondary N) is 3. The molecule has 2 bridgehead atoms. The first kappa shape index (κ1) is 34.8. The number of carboxylic acid groups (broad SMARTS) is 1. The lowest BCUT2D eigenvalue weighted by Gasteiger charge is -2.30. The number of hydrogen-bond donors (Lipinski definition) is 5. The van der Waals surface area contributed by atoms with E-state index in [9.17, 15) is 33.8 Å². The third-order valence-electron chi connectivity index (χ3n) is 7.63. The highest BCUT2D eigenvalue weighted by atomic mass is 19.1. The number of aliphatic hydroxyl groups is 1. The molecule has 0 aromatic rings. The second kappa shape index (κ2) is 16.3. The molecule has 234 valence electrons. The lowest BCUT2D eigenvalue weighted by molar-refractivity contribution is -0.120. The largest absolute Gasteiger partial charge is 0.465 e.